The van der Waals surface area contributed by atoms with E-state index in [0.29, 0.717) is 17.1 Å². The van der Waals surface area contributed by atoms with Crippen LogP contribution in [0.5, 0.6) is 11.5 Å². The number of nitrogens with zero attached hydrogens (tertiary/aromatic N) is 2. The molecular formula is C22H37N3O5. The average molecular weight is 424 g/mol. The first-order valence-electron chi connectivity index (χ1n) is 10.7. The van der Waals surface area contributed by atoms with Crippen molar-refractivity contribution in [2.24, 2.45) is 4.99 Å². The van der Waals surface area contributed by atoms with Crippen molar-refractivity contribution in [1.29, 1.82) is 0 Å². The summed E-state index contributed by atoms with van der Waals surface area (Å²) in [6, 6.07) is 5.39. The number of hydrogen-bond donors (Lipinski definition) is 2. The van der Waals surface area contributed by atoms with E-state index in [1.165, 1.54) is 0 Å². The zero-order valence-corrected chi connectivity index (χ0v) is 18.7. The number of aliphatic hydroxyl groups excluding tert-OH is 1. The predicted molar refractivity (Wildman–Crippen MR) is 118 cm³/mol. The standard InChI is InChI=1S/C22H37N3O5/c1-5-23-22(25-11-9-17(10-12-25)30-14-6-13-27-2)24-16-20(26)19-15-18(28-3)7-8-21(19)29-4/h7-8,15,17,20,26H,5-6,9-14,16H2,1-4H3,(H,23,24). The molecule has 0 radical (unpaired) electrons. The molecule has 0 amide bonds. The van der Waals surface area contributed by atoms with Crippen LogP contribution in [-0.4, -0.2) is 82.8 Å². The predicted octanol–water partition coefficient (Wildman–Crippen LogP) is 2.22. The zero-order chi connectivity index (χ0) is 21.8. The number of likely N-dealkylation sites (tertiary alicyclic amines) is 1. The molecule has 0 bridgehead atoms. The number of guanidine groups is 1. The second-order valence-electron chi connectivity index (χ2n) is 7.22. The molecule has 1 fully saturated rings. The molecule has 8 heteroatoms. The van der Waals surface area contributed by atoms with E-state index < -0.39 is 6.10 Å². The molecule has 170 valence electrons. The SMILES string of the molecule is CCNC(=NCC(O)c1cc(OC)ccc1OC)N1CCC(OCCCOC)CC1. The Morgan fingerprint density at radius 1 is 1.20 bits per heavy atom. The first-order valence-corrected chi connectivity index (χ1v) is 10.7. The second kappa shape index (κ2) is 13.3. The largest absolute Gasteiger partial charge is 0.497 e. The number of hydrogen-bond acceptors (Lipinski definition) is 6. The van der Waals surface area contributed by atoms with Crippen molar-refractivity contribution in [3.63, 3.8) is 0 Å². The summed E-state index contributed by atoms with van der Waals surface area (Å²) in [5.74, 6) is 2.11. The Hall–Kier alpha value is -2.03. The number of nitrogens with one attached hydrogen (secondary N) is 1. The molecular weight excluding hydrogens is 386 g/mol. The molecule has 1 saturated heterocycles. The first-order chi connectivity index (χ1) is 14.6. The third-order valence-corrected chi connectivity index (χ3v) is 5.13. The van der Waals surface area contributed by atoms with Gasteiger partial charge in [0.2, 0.25) is 0 Å². The van der Waals surface area contributed by atoms with E-state index in [1.807, 2.05) is 13.0 Å². The van der Waals surface area contributed by atoms with Gasteiger partial charge in [-0.05, 0) is 44.4 Å². The lowest BCUT2D eigenvalue weighted by molar-refractivity contribution is 0.00986. The van der Waals surface area contributed by atoms with Crippen LogP contribution >= 0.6 is 0 Å². The molecule has 1 aliphatic rings. The zero-order valence-electron chi connectivity index (χ0n) is 18.7. The molecule has 1 aromatic rings. The lowest BCUT2D eigenvalue weighted by Crippen LogP contribution is -2.47. The quantitative estimate of drug-likeness (QED) is 0.321. The van der Waals surface area contributed by atoms with Crippen molar-refractivity contribution in [2.45, 2.75) is 38.4 Å². The fraction of sp³-hybridized carbons (Fsp3) is 0.682. The van der Waals surface area contributed by atoms with Crippen molar-refractivity contribution < 1.29 is 24.1 Å². The van der Waals surface area contributed by atoms with Gasteiger partial charge in [-0.25, -0.2) is 0 Å². The van der Waals surface area contributed by atoms with Gasteiger partial charge in [-0.2, -0.15) is 0 Å². The molecule has 1 aromatic carbocycles. The van der Waals surface area contributed by atoms with E-state index in [4.69, 9.17) is 18.9 Å². The van der Waals surface area contributed by atoms with Crippen molar-refractivity contribution in [2.75, 3.05) is 60.7 Å². The fourth-order valence-electron chi connectivity index (χ4n) is 3.48. The highest BCUT2D eigenvalue weighted by Gasteiger charge is 2.22. The van der Waals surface area contributed by atoms with Gasteiger partial charge in [0.15, 0.2) is 5.96 Å². The summed E-state index contributed by atoms with van der Waals surface area (Å²) in [6.45, 7) is 6.27. The van der Waals surface area contributed by atoms with Gasteiger partial charge in [-0.3, -0.25) is 4.99 Å². The summed E-state index contributed by atoms with van der Waals surface area (Å²) in [5.41, 5.74) is 0.666. The minimum Gasteiger partial charge on any atom is -0.497 e. The molecule has 30 heavy (non-hydrogen) atoms. The van der Waals surface area contributed by atoms with Gasteiger partial charge in [-0.1, -0.05) is 0 Å². The maximum Gasteiger partial charge on any atom is 0.194 e. The Bertz CT molecular complexity index is 648. The van der Waals surface area contributed by atoms with Crippen LogP contribution in [0.15, 0.2) is 23.2 Å². The summed E-state index contributed by atoms with van der Waals surface area (Å²) in [4.78, 5) is 6.91. The summed E-state index contributed by atoms with van der Waals surface area (Å²) in [5, 5.41) is 14.1. The molecule has 1 heterocycles. The van der Waals surface area contributed by atoms with Crippen LogP contribution in [0.4, 0.5) is 0 Å². The van der Waals surface area contributed by atoms with Gasteiger partial charge in [0.1, 0.15) is 17.6 Å². The number of ether oxygens (including phenoxy) is 4. The number of aliphatic imine (C=N–C) groups is 1. The van der Waals surface area contributed by atoms with Crippen molar-refractivity contribution in [3.05, 3.63) is 23.8 Å². The van der Waals surface area contributed by atoms with Gasteiger partial charge in [-0.15, -0.1) is 0 Å². The third kappa shape index (κ3) is 7.34. The van der Waals surface area contributed by atoms with Crippen LogP contribution in [0.2, 0.25) is 0 Å². The summed E-state index contributed by atoms with van der Waals surface area (Å²) in [7, 11) is 4.90. The number of aliphatic hydroxyl groups is 1. The van der Waals surface area contributed by atoms with Crippen LogP contribution in [0, 0.1) is 0 Å². The molecule has 0 spiro atoms. The van der Waals surface area contributed by atoms with Crippen LogP contribution < -0.4 is 14.8 Å². The van der Waals surface area contributed by atoms with Crippen molar-refractivity contribution >= 4 is 5.96 Å². The van der Waals surface area contributed by atoms with E-state index in [2.05, 4.69) is 15.2 Å². The van der Waals surface area contributed by atoms with E-state index in [1.54, 1.807) is 33.5 Å². The Balaban J connectivity index is 1.95. The molecule has 8 nitrogen and oxygen atoms in total. The number of benzene rings is 1. The van der Waals surface area contributed by atoms with Crippen LogP contribution in [-0.2, 0) is 9.47 Å². The highest BCUT2D eigenvalue weighted by molar-refractivity contribution is 5.80. The monoisotopic (exact) mass is 423 g/mol. The highest BCUT2D eigenvalue weighted by Crippen LogP contribution is 2.29. The summed E-state index contributed by atoms with van der Waals surface area (Å²) >= 11 is 0. The Kier molecular flexibility index (Phi) is 10.8. The summed E-state index contributed by atoms with van der Waals surface area (Å²) in [6.07, 6.45) is 2.35. The smallest absolute Gasteiger partial charge is 0.194 e. The molecule has 1 aliphatic heterocycles. The molecule has 2 rings (SSSR count). The summed E-state index contributed by atoms with van der Waals surface area (Å²) < 4.78 is 21.7. The fourth-order valence-corrected chi connectivity index (χ4v) is 3.48. The van der Waals surface area contributed by atoms with Crippen molar-refractivity contribution in [3.8, 4) is 11.5 Å². The average Bonchev–Trinajstić information content (AvgIpc) is 2.79. The minimum absolute atomic E-state index is 0.235. The van der Waals surface area contributed by atoms with E-state index in [-0.39, 0.29) is 12.6 Å². The molecule has 0 aromatic heterocycles. The van der Waals surface area contributed by atoms with Crippen LogP contribution in [0.25, 0.3) is 0 Å². The normalized spacial score (nSPS) is 16.4. The number of rotatable bonds is 11. The van der Waals surface area contributed by atoms with Gasteiger partial charge in [0.05, 0.1) is 26.9 Å². The maximum absolute atomic E-state index is 10.7. The van der Waals surface area contributed by atoms with E-state index in [9.17, 15) is 5.11 Å². The minimum atomic E-state index is -0.787. The number of methoxy groups -OCH3 is 3. The topological polar surface area (TPSA) is 84.8 Å². The Morgan fingerprint density at radius 2 is 1.97 bits per heavy atom. The molecule has 0 aliphatic carbocycles. The third-order valence-electron chi connectivity index (χ3n) is 5.13. The van der Waals surface area contributed by atoms with Gasteiger partial charge in [0.25, 0.3) is 0 Å². The Morgan fingerprint density at radius 3 is 2.60 bits per heavy atom. The molecule has 2 N–H and O–H groups in total. The lowest BCUT2D eigenvalue weighted by atomic mass is 10.1. The molecule has 1 unspecified atom stereocenters. The van der Waals surface area contributed by atoms with Gasteiger partial charge in [0, 0.05) is 45.5 Å². The molecule has 1 atom stereocenters. The molecule has 0 saturated carbocycles. The highest BCUT2D eigenvalue weighted by atomic mass is 16.5. The maximum atomic E-state index is 10.7. The van der Waals surface area contributed by atoms with E-state index >= 15 is 0 Å². The van der Waals surface area contributed by atoms with E-state index in [0.717, 1.165) is 58.1 Å². The Labute approximate surface area is 180 Å². The lowest BCUT2D eigenvalue weighted by Gasteiger charge is -2.34. The van der Waals surface area contributed by atoms with Crippen LogP contribution in [0.1, 0.15) is 37.9 Å². The first kappa shape index (κ1) is 24.2. The second-order valence-corrected chi connectivity index (χ2v) is 7.22. The van der Waals surface area contributed by atoms with Crippen molar-refractivity contribution in [1.82, 2.24) is 10.2 Å². The van der Waals surface area contributed by atoms with Crippen LogP contribution in [0.3, 0.4) is 0 Å². The van der Waals surface area contributed by atoms with Gasteiger partial charge < -0.3 is 34.3 Å². The van der Waals surface area contributed by atoms with Gasteiger partial charge >= 0.3 is 0 Å². The number of piperidine rings is 1.